The molecular weight excluding hydrogens is 386 g/mol. The molecule has 4 nitrogen and oxygen atoms in total. The lowest BCUT2D eigenvalue weighted by atomic mass is 9.98. The Morgan fingerprint density at radius 2 is 1.69 bits per heavy atom. The lowest BCUT2D eigenvalue weighted by Gasteiger charge is -2.14. The Hall–Kier alpha value is -3.42. The van der Waals surface area contributed by atoms with Crippen LogP contribution in [0.1, 0.15) is 22.6 Å². The molecule has 0 fully saturated rings. The molecule has 0 aliphatic heterocycles. The highest BCUT2D eigenvalue weighted by Crippen LogP contribution is 2.44. The third-order valence-corrected chi connectivity index (χ3v) is 5.08. The van der Waals surface area contributed by atoms with Crippen molar-refractivity contribution in [1.29, 1.82) is 0 Å². The number of nitrogens with one attached hydrogen (secondary N) is 1. The maximum Gasteiger partial charge on any atom is 0.407 e. The van der Waals surface area contributed by atoms with Gasteiger partial charge in [0.05, 0.1) is 12.1 Å². The summed E-state index contributed by atoms with van der Waals surface area (Å²) >= 11 is 5.79. The Labute approximate surface area is 174 Å². The first-order valence-electron chi connectivity index (χ1n) is 9.19. The van der Waals surface area contributed by atoms with Gasteiger partial charge in [0, 0.05) is 10.9 Å². The Balaban J connectivity index is 1.35. The molecular formula is C24H18ClNO3. The average molecular weight is 404 g/mol. The van der Waals surface area contributed by atoms with Crippen molar-refractivity contribution in [2.75, 3.05) is 13.2 Å². The number of carbonyl (C=O) groups is 1. The van der Waals surface area contributed by atoms with Crippen LogP contribution in [0, 0.1) is 11.8 Å². The minimum Gasteiger partial charge on any atom is -0.507 e. The Morgan fingerprint density at radius 3 is 2.34 bits per heavy atom. The fourth-order valence-corrected chi connectivity index (χ4v) is 3.68. The zero-order valence-electron chi connectivity index (χ0n) is 15.5. The fourth-order valence-electron chi connectivity index (χ4n) is 3.52. The van der Waals surface area contributed by atoms with Gasteiger partial charge >= 0.3 is 6.09 Å². The van der Waals surface area contributed by atoms with Crippen LogP contribution in [-0.2, 0) is 4.74 Å². The highest BCUT2D eigenvalue weighted by atomic mass is 35.5. The molecule has 0 radical (unpaired) electrons. The van der Waals surface area contributed by atoms with Crippen molar-refractivity contribution in [2.24, 2.45) is 0 Å². The molecule has 0 bridgehead atoms. The number of carbonyl (C=O) groups excluding carboxylic acids is 1. The second kappa shape index (κ2) is 8.30. The summed E-state index contributed by atoms with van der Waals surface area (Å²) in [6.45, 7) is 0.365. The van der Waals surface area contributed by atoms with Crippen LogP contribution in [0.5, 0.6) is 5.75 Å². The first-order valence-corrected chi connectivity index (χ1v) is 9.57. The SMILES string of the molecule is O=C(NCC#Cc1ccc(Cl)cc1O)OCC1c2ccccc2-c2ccccc21. The van der Waals surface area contributed by atoms with Gasteiger partial charge in [-0.15, -0.1) is 0 Å². The Kier molecular flexibility index (Phi) is 5.41. The molecule has 3 aromatic rings. The molecule has 0 saturated carbocycles. The molecule has 4 rings (SSSR count). The summed E-state index contributed by atoms with van der Waals surface area (Å²) < 4.78 is 5.45. The van der Waals surface area contributed by atoms with E-state index in [1.165, 1.54) is 28.3 Å². The summed E-state index contributed by atoms with van der Waals surface area (Å²) in [5.41, 5.74) is 5.15. The minimum absolute atomic E-state index is 0.00569. The zero-order chi connectivity index (χ0) is 20.2. The molecule has 1 aliphatic rings. The molecule has 0 unspecified atom stereocenters. The largest absolute Gasteiger partial charge is 0.507 e. The van der Waals surface area contributed by atoms with Crippen LogP contribution in [0.15, 0.2) is 66.7 Å². The number of alkyl carbamates (subject to hydrolysis) is 1. The van der Waals surface area contributed by atoms with Crippen molar-refractivity contribution in [2.45, 2.75) is 5.92 Å². The molecule has 3 aromatic carbocycles. The normalized spacial score (nSPS) is 11.8. The summed E-state index contributed by atoms with van der Waals surface area (Å²) in [7, 11) is 0. The van der Waals surface area contributed by atoms with Gasteiger partial charge in [-0.2, -0.15) is 0 Å². The lowest BCUT2D eigenvalue weighted by molar-refractivity contribution is 0.144. The predicted molar refractivity (Wildman–Crippen MR) is 113 cm³/mol. The highest BCUT2D eigenvalue weighted by Gasteiger charge is 2.28. The van der Waals surface area contributed by atoms with Gasteiger partial charge in [0.1, 0.15) is 12.4 Å². The number of phenols is 1. The van der Waals surface area contributed by atoms with E-state index in [1.54, 1.807) is 12.1 Å². The van der Waals surface area contributed by atoms with Crippen molar-refractivity contribution >= 4 is 17.7 Å². The van der Waals surface area contributed by atoms with Crippen molar-refractivity contribution in [3.8, 4) is 28.7 Å². The molecule has 29 heavy (non-hydrogen) atoms. The van der Waals surface area contributed by atoms with Crippen molar-refractivity contribution in [3.63, 3.8) is 0 Å². The third-order valence-electron chi connectivity index (χ3n) is 4.85. The summed E-state index contributed by atoms with van der Waals surface area (Å²) in [6, 6.07) is 21.1. The van der Waals surface area contributed by atoms with Gasteiger partial charge in [-0.1, -0.05) is 72.0 Å². The summed E-state index contributed by atoms with van der Waals surface area (Å²) in [6.07, 6.45) is -0.526. The predicted octanol–water partition coefficient (Wildman–Crippen LogP) is 4.94. The number of hydrogen-bond acceptors (Lipinski definition) is 3. The number of hydrogen-bond donors (Lipinski definition) is 2. The van der Waals surface area contributed by atoms with Gasteiger partial charge in [-0.25, -0.2) is 4.79 Å². The first kappa shape index (κ1) is 18.9. The van der Waals surface area contributed by atoms with Crippen LogP contribution in [0.4, 0.5) is 4.79 Å². The third kappa shape index (κ3) is 4.06. The molecule has 0 heterocycles. The van der Waals surface area contributed by atoms with Gasteiger partial charge in [0.2, 0.25) is 0 Å². The number of fused-ring (bicyclic) bond motifs is 3. The van der Waals surface area contributed by atoms with E-state index in [0.717, 1.165) is 0 Å². The van der Waals surface area contributed by atoms with Crippen molar-refractivity contribution in [1.82, 2.24) is 5.32 Å². The summed E-state index contributed by atoms with van der Waals surface area (Å²) in [5, 5.41) is 12.8. The van der Waals surface area contributed by atoms with E-state index in [0.29, 0.717) is 10.6 Å². The molecule has 1 amide bonds. The topological polar surface area (TPSA) is 58.6 Å². The second-order valence-electron chi connectivity index (χ2n) is 6.64. The van der Waals surface area contributed by atoms with E-state index >= 15 is 0 Å². The first-order chi connectivity index (χ1) is 14.1. The molecule has 0 spiro atoms. The molecule has 5 heteroatoms. The average Bonchev–Trinajstić information content (AvgIpc) is 3.05. The highest BCUT2D eigenvalue weighted by molar-refractivity contribution is 6.30. The number of rotatable bonds is 3. The zero-order valence-corrected chi connectivity index (χ0v) is 16.2. The van der Waals surface area contributed by atoms with Crippen LogP contribution in [0.2, 0.25) is 5.02 Å². The van der Waals surface area contributed by atoms with Crippen LogP contribution >= 0.6 is 11.6 Å². The number of ether oxygens (including phenoxy) is 1. The molecule has 0 aromatic heterocycles. The number of aromatic hydroxyl groups is 1. The van der Waals surface area contributed by atoms with Crippen LogP contribution in [0.25, 0.3) is 11.1 Å². The Morgan fingerprint density at radius 1 is 1.03 bits per heavy atom. The summed E-state index contributed by atoms with van der Waals surface area (Å²) in [4.78, 5) is 12.1. The van der Waals surface area contributed by atoms with Gasteiger partial charge in [-0.3, -0.25) is 0 Å². The van der Waals surface area contributed by atoms with Gasteiger partial charge in [-0.05, 0) is 40.5 Å². The lowest BCUT2D eigenvalue weighted by Crippen LogP contribution is -2.26. The monoisotopic (exact) mass is 403 g/mol. The fraction of sp³-hybridized carbons (Fsp3) is 0.125. The van der Waals surface area contributed by atoms with Gasteiger partial charge in [0.25, 0.3) is 0 Å². The van der Waals surface area contributed by atoms with E-state index in [2.05, 4.69) is 41.4 Å². The van der Waals surface area contributed by atoms with E-state index in [9.17, 15) is 9.90 Å². The minimum atomic E-state index is -0.526. The number of halogens is 1. The van der Waals surface area contributed by atoms with Crippen LogP contribution in [0.3, 0.4) is 0 Å². The maximum atomic E-state index is 12.1. The van der Waals surface area contributed by atoms with E-state index < -0.39 is 6.09 Å². The smallest absolute Gasteiger partial charge is 0.407 e. The maximum absolute atomic E-state index is 12.1. The molecule has 0 atom stereocenters. The van der Waals surface area contributed by atoms with Crippen molar-refractivity contribution < 1.29 is 14.6 Å². The molecule has 0 saturated heterocycles. The number of phenolic OH excluding ortho intramolecular Hbond substituents is 1. The summed E-state index contributed by atoms with van der Waals surface area (Å²) in [5.74, 6) is 5.60. The second-order valence-corrected chi connectivity index (χ2v) is 7.08. The number of amides is 1. The number of benzene rings is 3. The van der Waals surface area contributed by atoms with E-state index in [4.69, 9.17) is 16.3 Å². The molecule has 2 N–H and O–H groups in total. The molecule has 144 valence electrons. The molecule has 1 aliphatic carbocycles. The van der Waals surface area contributed by atoms with Gasteiger partial charge < -0.3 is 15.2 Å². The van der Waals surface area contributed by atoms with Crippen LogP contribution < -0.4 is 5.32 Å². The van der Waals surface area contributed by atoms with E-state index in [1.807, 2.05) is 24.3 Å². The Bertz CT molecular complexity index is 1080. The van der Waals surface area contributed by atoms with Gasteiger partial charge in [0.15, 0.2) is 0 Å². The standard InChI is InChI=1S/C24H18ClNO3/c25-17-12-11-16(23(27)14-17)6-5-13-26-24(28)29-15-22-20-9-3-1-7-18(20)19-8-2-4-10-21(19)22/h1-4,7-12,14,22,27H,13,15H2,(H,26,28). The quantitative estimate of drug-likeness (QED) is 0.609. The van der Waals surface area contributed by atoms with Crippen molar-refractivity contribution in [3.05, 3.63) is 88.4 Å². The van der Waals surface area contributed by atoms with E-state index in [-0.39, 0.29) is 24.8 Å². The van der Waals surface area contributed by atoms with Crippen LogP contribution in [-0.4, -0.2) is 24.4 Å².